The SMILES string of the molecule is COC=CC=C(C)C(=O)O. The van der Waals surface area contributed by atoms with Crippen molar-refractivity contribution in [3.63, 3.8) is 0 Å². The Balaban J connectivity index is 3.92. The fourth-order valence-electron chi connectivity index (χ4n) is 0.333. The predicted molar refractivity (Wildman–Crippen MR) is 37.5 cm³/mol. The van der Waals surface area contributed by atoms with E-state index in [2.05, 4.69) is 4.74 Å². The smallest absolute Gasteiger partial charge is 0.331 e. The molecule has 0 bridgehead atoms. The summed E-state index contributed by atoms with van der Waals surface area (Å²) in [7, 11) is 1.50. The van der Waals surface area contributed by atoms with Crippen LogP contribution in [0.15, 0.2) is 24.0 Å². The molecular weight excluding hydrogens is 132 g/mol. The number of hydrogen-bond acceptors (Lipinski definition) is 2. The number of aliphatic carboxylic acids is 1. The Morgan fingerprint density at radius 2 is 2.20 bits per heavy atom. The van der Waals surface area contributed by atoms with Crippen molar-refractivity contribution in [2.75, 3.05) is 7.11 Å². The summed E-state index contributed by atoms with van der Waals surface area (Å²) in [5.41, 5.74) is 0.285. The fourth-order valence-corrected chi connectivity index (χ4v) is 0.333. The van der Waals surface area contributed by atoms with Gasteiger partial charge in [0.1, 0.15) is 0 Å². The minimum absolute atomic E-state index is 0.285. The molecule has 0 aromatic rings. The maximum absolute atomic E-state index is 10.2. The number of hydrogen-bond donors (Lipinski definition) is 1. The number of carbonyl (C=O) groups is 1. The van der Waals surface area contributed by atoms with Crippen molar-refractivity contribution in [2.24, 2.45) is 0 Å². The number of methoxy groups -OCH3 is 1. The zero-order valence-corrected chi connectivity index (χ0v) is 6.00. The van der Waals surface area contributed by atoms with Crippen LogP contribution in [0.3, 0.4) is 0 Å². The molecule has 0 saturated carbocycles. The highest BCUT2D eigenvalue weighted by molar-refractivity contribution is 5.86. The van der Waals surface area contributed by atoms with Crippen LogP contribution in [0.4, 0.5) is 0 Å². The molecule has 0 rings (SSSR count). The average molecular weight is 142 g/mol. The van der Waals surface area contributed by atoms with E-state index in [1.165, 1.54) is 32.4 Å². The summed E-state index contributed by atoms with van der Waals surface area (Å²) in [5, 5.41) is 8.34. The first-order chi connectivity index (χ1) is 4.68. The summed E-state index contributed by atoms with van der Waals surface area (Å²) < 4.78 is 4.55. The predicted octanol–water partition coefficient (Wildman–Crippen LogP) is 1.18. The van der Waals surface area contributed by atoms with Gasteiger partial charge in [0, 0.05) is 5.57 Å². The highest BCUT2D eigenvalue weighted by Crippen LogP contribution is 1.91. The Morgan fingerprint density at radius 1 is 1.60 bits per heavy atom. The van der Waals surface area contributed by atoms with Gasteiger partial charge in [0.25, 0.3) is 0 Å². The third kappa shape index (κ3) is 3.72. The normalized spacial score (nSPS) is 12.0. The van der Waals surface area contributed by atoms with E-state index in [1.54, 1.807) is 0 Å². The van der Waals surface area contributed by atoms with Gasteiger partial charge >= 0.3 is 5.97 Å². The minimum Gasteiger partial charge on any atom is -0.504 e. The molecule has 0 amide bonds. The lowest BCUT2D eigenvalue weighted by Crippen LogP contribution is -1.94. The molecule has 0 aliphatic carbocycles. The lowest BCUT2D eigenvalue weighted by atomic mass is 10.3. The number of carboxylic acid groups (broad SMARTS) is 1. The van der Waals surface area contributed by atoms with E-state index in [0.717, 1.165) is 0 Å². The lowest BCUT2D eigenvalue weighted by Gasteiger charge is -1.87. The number of carboxylic acids is 1. The molecule has 0 heterocycles. The van der Waals surface area contributed by atoms with Gasteiger partial charge in [-0.25, -0.2) is 4.79 Å². The Hall–Kier alpha value is -1.25. The average Bonchev–Trinajstić information content (AvgIpc) is 1.88. The molecular formula is C7H10O3. The molecule has 56 valence electrons. The number of rotatable bonds is 3. The lowest BCUT2D eigenvalue weighted by molar-refractivity contribution is -0.132. The molecule has 0 spiro atoms. The third-order valence-corrected chi connectivity index (χ3v) is 0.898. The van der Waals surface area contributed by atoms with Crippen LogP contribution in [0, 0.1) is 0 Å². The molecule has 1 N–H and O–H groups in total. The summed E-state index contributed by atoms with van der Waals surface area (Å²) >= 11 is 0. The maximum Gasteiger partial charge on any atom is 0.331 e. The van der Waals surface area contributed by atoms with Gasteiger partial charge in [-0.15, -0.1) is 0 Å². The van der Waals surface area contributed by atoms with Crippen molar-refractivity contribution in [1.82, 2.24) is 0 Å². The first kappa shape index (κ1) is 8.75. The summed E-state index contributed by atoms with van der Waals surface area (Å²) in [6, 6.07) is 0. The molecule has 0 fully saturated rings. The largest absolute Gasteiger partial charge is 0.504 e. The van der Waals surface area contributed by atoms with Gasteiger partial charge in [-0.3, -0.25) is 0 Å². The van der Waals surface area contributed by atoms with Crippen molar-refractivity contribution in [3.8, 4) is 0 Å². The second-order valence-electron chi connectivity index (χ2n) is 1.72. The van der Waals surface area contributed by atoms with Crippen LogP contribution in [-0.2, 0) is 9.53 Å². The van der Waals surface area contributed by atoms with Gasteiger partial charge in [-0.1, -0.05) is 0 Å². The van der Waals surface area contributed by atoms with Gasteiger partial charge in [-0.2, -0.15) is 0 Å². The Morgan fingerprint density at radius 3 is 2.60 bits per heavy atom. The second-order valence-corrected chi connectivity index (χ2v) is 1.72. The highest BCUT2D eigenvalue weighted by atomic mass is 16.5. The van der Waals surface area contributed by atoms with Gasteiger partial charge in [0.15, 0.2) is 0 Å². The van der Waals surface area contributed by atoms with E-state index in [1.807, 2.05) is 0 Å². The van der Waals surface area contributed by atoms with Crippen LogP contribution in [0.1, 0.15) is 6.92 Å². The van der Waals surface area contributed by atoms with E-state index in [9.17, 15) is 4.79 Å². The Bertz CT molecular complexity index is 168. The zero-order valence-electron chi connectivity index (χ0n) is 6.00. The van der Waals surface area contributed by atoms with Crippen LogP contribution in [0.5, 0.6) is 0 Å². The van der Waals surface area contributed by atoms with Gasteiger partial charge in [-0.05, 0) is 19.1 Å². The van der Waals surface area contributed by atoms with Crippen molar-refractivity contribution < 1.29 is 14.6 Å². The molecule has 3 nitrogen and oxygen atoms in total. The molecule has 0 saturated heterocycles. The Labute approximate surface area is 59.6 Å². The number of ether oxygens (including phenoxy) is 1. The maximum atomic E-state index is 10.2. The topological polar surface area (TPSA) is 46.5 Å². The highest BCUT2D eigenvalue weighted by Gasteiger charge is 1.94. The van der Waals surface area contributed by atoms with Crippen LogP contribution >= 0.6 is 0 Å². The minimum atomic E-state index is -0.916. The molecule has 0 unspecified atom stereocenters. The molecule has 3 heteroatoms. The van der Waals surface area contributed by atoms with E-state index in [-0.39, 0.29) is 5.57 Å². The zero-order chi connectivity index (χ0) is 7.98. The standard InChI is InChI=1S/C7H10O3/c1-6(7(8)9)4-3-5-10-2/h3-5H,1-2H3,(H,8,9). The van der Waals surface area contributed by atoms with Crippen LogP contribution in [0.25, 0.3) is 0 Å². The molecule has 0 atom stereocenters. The van der Waals surface area contributed by atoms with Gasteiger partial charge in [0.05, 0.1) is 13.4 Å². The first-order valence-corrected chi connectivity index (χ1v) is 2.78. The second kappa shape index (κ2) is 4.61. The van der Waals surface area contributed by atoms with Crippen LogP contribution in [-0.4, -0.2) is 18.2 Å². The van der Waals surface area contributed by atoms with Gasteiger partial charge in [0.2, 0.25) is 0 Å². The summed E-state index contributed by atoms with van der Waals surface area (Å²) in [6.45, 7) is 1.52. The summed E-state index contributed by atoms with van der Waals surface area (Å²) in [5.74, 6) is -0.916. The Kier molecular flexibility index (Phi) is 4.04. The monoisotopic (exact) mass is 142 g/mol. The molecule has 0 aromatic carbocycles. The summed E-state index contributed by atoms with van der Waals surface area (Å²) in [4.78, 5) is 10.2. The van der Waals surface area contributed by atoms with E-state index >= 15 is 0 Å². The molecule has 0 aliphatic rings. The van der Waals surface area contributed by atoms with E-state index in [0.29, 0.717) is 0 Å². The van der Waals surface area contributed by atoms with E-state index in [4.69, 9.17) is 5.11 Å². The molecule has 0 aliphatic heterocycles. The molecule has 0 aromatic heterocycles. The van der Waals surface area contributed by atoms with Crippen molar-refractivity contribution >= 4 is 5.97 Å². The first-order valence-electron chi connectivity index (χ1n) is 2.78. The summed E-state index contributed by atoms with van der Waals surface area (Å²) in [6.07, 6.45) is 4.40. The quantitative estimate of drug-likeness (QED) is 0.365. The van der Waals surface area contributed by atoms with Crippen molar-refractivity contribution in [1.29, 1.82) is 0 Å². The van der Waals surface area contributed by atoms with Crippen molar-refractivity contribution in [3.05, 3.63) is 24.0 Å². The van der Waals surface area contributed by atoms with Crippen molar-refractivity contribution in [2.45, 2.75) is 6.92 Å². The number of allylic oxidation sites excluding steroid dienone is 2. The van der Waals surface area contributed by atoms with E-state index < -0.39 is 5.97 Å². The van der Waals surface area contributed by atoms with Gasteiger partial charge < -0.3 is 9.84 Å². The fraction of sp³-hybridized carbons (Fsp3) is 0.286. The molecule has 10 heavy (non-hydrogen) atoms. The van der Waals surface area contributed by atoms with Crippen LogP contribution < -0.4 is 0 Å². The van der Waals surface area contributed by atoms with Crippen LogP contribution in [0.2, 0.25) is 0 Å². The molecule has 0 radical (unpaired) electrons. The third-order valence-electron chi connectivity index (χ3n) is 0.898.